The molecule has 0 fully saturated rings. The maximum Gasteiger partial charge on any atom is 0.573 e. The third-order valence-corrected chi connectivity index (χ3v) is 2.57. The number of nitrogens with one attached hydrogen (secondary N) is 1. The zero-order valence-electron chi connectivity index (χ0n) is 11.5. The van der Waals surface area contributed by atoms with Crippen LogP contribution in [0.25, 0.3) is 0 Å². The van der Waals surface area contributed by atoms with Crippen LogP contribution in [0.1, 0.15) is 26.2 Å². The summed E-state index contributed by atoms with van der Waals surface area (Å²) in [6.07, 6.45) is -1.31. The van der Waals surface area contributed by atoms with Crippen molar-refractivity contribution in [2.75, 3.05) is 19.7 Å². The van der Waals surface area contributed by atoms with Gasteiger partial charge in [0.1, 0.15) is 6.61 Å². The van der Waals surface area contributed by atoms with Gasteiger partial charge in [-0.05, 0) is 25.1 Å². The van der Waals surface area contributed by atoms with Crippen LogP contribution in [-0.4, -0.2) is 26.1 Å². The minimum atomic E-state index is -4.71. The van der Waals surface area contributed by atoms with E-state index in [0.717, 1.165) is 25.8 Å². The van der Waals surface area contributed by atoms with Gasteiger partial charge in [-0.15, -0.1) is 13.2 Å². The molecule has 0 spiro atoms. The molecule has 0 amide bonds. The Balaban J connectivity index is 2.33. The van der Waals surface area contributed by atoms with E-state index >= 15 is 0 Å². The molecule has 0 saturated carbocycles. The first-order chi connectivity index (χ1) is 9.53. The zero-order chi connectivity index (χ0) is 14.8. The summed E-state index contributed by atoms with van der Waals surface area (Å²) in [6, 6.07) is 5.76. The molecule has 3 nitrogen and oxygen atoms in total. The van der Waals surface area contributed by atoms with Gasteiger partial charge in [-0.25, -0.2) is 0 Å². The molecule has 6 heteroatoms. The Morgan fingerprint density at radius 1 is 1.05 bits per heavy atom. The average molecular weight is 291 g/mol. The third-order valence-electron chi connectivity index (χ3n) is 2.57. The number of rotatable bonds is 9. The van der Waals surface area contributed by atoms with E-state index in [1.165, 1.54) is 18.2 Å². The van der Waals surface area contributed by atoms with Gasteiger partial charge in [0.2, 0.25) is 0 Å². The highest BCUT2D eigenvalue weighted by molar-refractivity contribution is 5.39. The van der Waals surface area contributed by atoms with Crippen LogP contribution in [0.4, 0.5) is 13.2 Å². The molecular formula is C14H20F3NO2. The van der Waals surface area contributed by atoms with Crippen molar-refractivity contribution in [1.29, 1.82) is 0 Å². The first kappa shape index (κ1) is 16.6. The summed E-state index contributed by atoms with van der Waals surface area (Å²) < 4.78 is 45.8. The van der Waals surface area contributed by atoms with Gasteiger partial charge in [0.05, 0.1) is 0 Å². The summed E-state index contributed by atoms with van der Waals surface area (Å²) in [7, 11) is 0. The number of benzene rings is 1. The van der Waals surface area contributed by atoms with Crippen molar-refractivity contribution in [3.8, 4) is 11.5 Å². The molecule has 0 aliphatic carbocycles. The van der Waals surface area contributed by atoms with Crippen molar-refractivity contribution in [2.45, 2.75) is 32.5 Å². The Morgan fingerprint density at radius 3 is 2.40 bits per heavy atom. The van der Waals surface area contributed by atoms with Crippen LogP contribution in [-0.2, 0) is 0 Å². The minimum Gasteiger partial charge on any atom is -0.488 e. The lowest BCUT2D eigenvalue weighted by Gasteiger charge is -2.14. The maximum atomic E-state index is 12.2. The molecule has 0 radical (unpaired) electrons. The number of hydrogen-bond donors (Lipinski definition) is 1. The van der Waals surface area contributed by atoms with E-state index in [2.05, 4.69) is 17.0 Å². The SMILES string of the molecule is CCCCCNCCOc1ccccc1OC(F)(F)F. The summed E-state index contributed by atoms with van der Waals surface area (Å²) in [6.45, 7) is 3.90. The zero-order valence-corrected chi connectivity index (χ0v) is 11.5. The lowest BCUT2D eigenvalue weighted by molar-refractivity contribution is -0.275. The quantitative estimate of drug-likeness (QED) is 0.703. The second-order valence-corrected chi connectivity index (χ2v) is 4.30. The van der Waals surface area contributed by atoms with Crippen molar-refractivity contribution < 1.29 is 22.6 Å². The fourth-order valence-corrected chi connectivity index (χ4v) is 1.64. The van der Waals surface area contributed by atoms with Gasteiger partial charge >= 0.3 is 6.36 Å². The second-order valence-electron chi connectivity index (χ2n) is 4.30. The van der Waals surface area contributed by atoms with Crippen molar-refractivity contribution in [3.05, 3.63) is 24.3 Å². The molecule has 0 bridgehead atoms. The molecule has 0 unspecified atom stereocenters. The Labute approximate surface area is 117 Å². The molecule has 20 heavy (non-hydrogen) atoms. The van der Waals surface area contributed by atoms with Gasteiger partial charge in [0, 0.05) is 6.54 Å². The van der Waals surface area contributed by atoms with Gasteiger partial charge in [0.25, 0.3) is 0 Å². The molecule has 1 rings (SSSR count). The minimum absolute atomic E-state index is 0.0974. The molecule has 0 aliphatic heterocycles. The Bertz CT molecular complexity index is 383. The van der Waals surface area contributed by atoms with E-state index in [9.17, 15) is 13.2 Å². The van der Waals surface area contributed by atoms with E-state index in [4.69, 9.17) is 4.74 Å². The number of alkyl halides is 3. The fraction of sp³-hybridized carbons (Fsp3) is 0.571. The van der Waals surface area contributed by atoms with Gasteiger partial charge in [-0.1, -0.05) is 31.9 Å². The summed E-state index contributed by atoms with van der Waals surface area (Å²) >= 11 is 0. The third kappa shape index (κ3) is 7.23. The van der Waals surface area contributed by atoms with Crippen LogP contribution in [0.15, 0.2) is 24.3 Å². The van der Waals surface area contributed by atoms with Gasteiger partial charge < -0.3 is 14.8 Å². The van der Waals surface area contributed by atoms with E-state index in [0.29, 0.717) is 13.2 Å². The Kier molecular flexibility index (Phi) is 7.22. The summed E-state index contributed by atoms with van der Waals surface area (Å²) in [5.41, 5.74) is 0. The van der Waals surface area contributed by atoms with Crippen LogP contribution in [0.2, 0.25) is 0 Å². The summed E-state index contributed by atoms with van der Waals surface area (Å²) in [5.74, 6) is -0.217. The van der Waals surface area contributed by atoms with Crippen LogP contribution in [0.3, 0.4) is 0 Å². The number of para-hydroxylation sites is 2. The van der Waals surface area contributed by atoms with Crippen LogP contribution < -0.4 is 14.8 Å². The predicted molar refractivity (Wildman–Crippen MR) is 71.0 cm³/mol. The highest BCUT2D eigenvalue weighted by Crippen LogP contribution is 2.31. The fourth-order valence-electron chi connectivity index (χ4n) is 1.64. The van der Waals surface area contributed by atoms with E-state index < -0.39 is 6.36 Å². The van der Waals surface area contributed by atoms with E-state index in [-0.39, 0.29) is 11.5 Å². The second kappa shape index (κ2) is 8.68. The molecular weight excluding hydrogens is 271 g/mol. The van der Waals surface area contributed by atoms with E-state index in [1.54, 1.807) is 6.07 Å². The van der Waals surface area contributed by atoms with Crippen molar-refractivity contribution in [1.82, 2.24) is 5.32 Å². The smallest absolute Gasteiger partial charge is 0.488 e. The Hall–Kier alpha value is -1.43. The van der Waals surface area contributed by atoms with Crippen molar-refractivity contribution in [2.24, 2.45) is 0 Å². The molecule has 1 aromatic rings. The number of halogens is 3. The van der Waals surface area contributed by atoms with E-state index in [1.807, 2.05) is 0 Å². The number of unbranched alkanes of at least 4 members (excludes halogenated alkanes) is 2. The molecule has 1 N–H and O–H groups in total. The molecule has 0 heterocycles. The highest BCUT2D eigenvalue weighted by Gasteiger charge is 2.32. The highest BCUT2D eigenvalue weighted by atomic mass is 19.4. The van der Waals surface area contributed by atoms with Crippen LogP contribution >= 0.6 is 0 Å². The monoisotopic (exact) mass is 291 g/mol. The lowest BCUT2D eigenvalue weighted by atomic mass is 10.2. The maximum absolute atomic E-state index is 12.2. The van der Waals surface area contributed by atoms with Gasteiger partial charge in [-0.3, -0.25) is 0 Å². The van der Waals surface area contributed by atoms with Crippen LogP contribution in [0, 0.1) is 0 Å². The molecule has 1 aromatic carbocycles. The number of ether oxygens (including phenoxy) is 2. The Morgan fingerprint density at radius 2 is 1.75 bits per heavy atom. The first-order valence-electron chi connectivity index (χ1n) is 6.71. The number of hydrogen-bond acceptors (Lipinski definition) is 3. The summed E-state index contributed by atoms with van der Waals surface area (Å²) in [5, 5.41) is 3.17. The molecule has 114 valence electrons. The molecule has 0 aliphatic rings. The van der Waals surface area contributed by atoms with Crippen LogP contribution in [0.5, 0.6) is 11.5 Å². The summed E-state index contributed by atoms with van der Waals surface area (Å²) in [4.78, 5) is 0. The lowest BCUT2D eigenvalue weighted by Crippen LogP contribution is -2.22. The largest absolute Gasteiger partial charge is 0.573 e. The molecule has 0 aromatic heterocycles. The normalized spacial score (nSPS) is 11.4. The van der Waals surface area contributed by atoms with Crippen molar-refractivity contribution >= 4 is 0 Å². The predicted octanol–water partition coefficient (Wildman–Crippen LogP) is 3.74. The van der Waals surface area contributed by atoms with Gasteiger partial charge in [0.15, 0.2) is 11.5 Å². The topological polar surface area (TPSA) is 30.5 Å². The van der Waals surface area contributed by atoms with Gasteiger partial charge in [-0.2, -0.15) is 0 Å². The first-order valence-corrected chi connectivity index (χ1v) is 6.71. The van der Waals surface area contributed by atoms with Crippen molar-refractivity contribution in [3.63, 3.8) is 0 Å². The molecule has 0 saturated heterocycles. The average Bonchev–Trinajstić information content (AvgIpc) is 2.38. The molecule has 0 atom stereocenters. The standard InChI is InChI=1S/C14H20F3NO2/c1-2-3-6-9-18-10-11-19-12-7-4-5-8-13(12)20-14(15,16)17/h4-5,7-8,18H,2-3,6,9-11H2,1H3.